The Hall–Kier alpha value is -1.14. The number of hydrogen-bond donors (Lipinski definition) is 2. The first kappa shape index (κ1) is 16.9. The molecule has 0 aliphatic rings. The van der Waals surface area contributed by atoms with E-state index in [4.69, 9.17) is 18.0 Å². The van der Waals surface area contributed by atoms with Gasteiger partial charge in [-0.15, -0.1) is 0 Å². The van der Waals surface area contributed by atoms with E-state index in [1.54, 1.807) is 19.1 Å². The third kappa shape index (κ3) is 3.93. The lowest BCUT2D eigenvalue weighted by Crippen LogP contribution is -2.38. The van der Waals surface area contributed by atoms with Gasteiger partial charge in [0.1, 0.15) is 5.25 Å². The van der Waals surface area contributed by atoms with Gasteiger partial charge in [0.25, 0.3) is 0 Å². The summed E-state index contributed by atoms with van der Waals surface area (Å²) >= 11 is 4.85. The van der Waals surface area contributed by atoms with Gasteiger partial charge in [-0.3, -0.25) is 4.72 Å². The molecular formula is C14H22N2O2S2. The smallest absolute Gasteiger partial charge is 0.242 e. The van der Waals surface area contributed by atoms with Crippen LogP contribution in [-0.2, 0) is 15.4 Å². The maximum atomic E-state index is 12.4. The Morgan fingerprint density at radius 2 is 1.90 bits per heavy atom. The van der Waals surface area contributed by atoms with Crippen molar-refractivity contribution < 1.29 is 8.42 Å². The van der Waals surface area contributed by atoms with E-state index in [1.165, 1.54) is 0 Å². The summed E-state index contributed by atoms with van der Waals surface area (Å²) in [7, 11) is -3.62. The molecule has 1 atom stereocenters. The van der Waals surface area contributed by atoms with Crippen LogP contribution in [0.25, 0.3) is 0 Å². The summed E-state index contributed by atoms with van der Waals surface area (Å²) in [4.78, 5) is -0.00626. The lowest BCUT2D eigenvalue weighted by Gasteiger charge is -2.24. The van der Waals surface area contributed by atoms with E-state index in [2.05, 4.69) is 4.72 Å². The molecular weight excluding hydrogens is 292 g/mol. The van der Waals surface area contributed by atoms with Crippen LogP contribution in [0.1, 0.15) is 39.7 Å². The van der Waals surface area contributed by atoms with E-state index in [9.17, 15) is 8.42 Å². The predicted octanol–water partition coefficient (Wildman–Crippen LogP) is 2.79. The summed E-state index contributed by atoms with van der Waals surface area (Å²) in [6, 6.07) is 7.36. The Morgan fingerprint density at radius 1 is 1.35 bits per heavy atom. The van der Waals surface area contributed by atoms with E-state index < -0.39 is 15.3 Å². The van der Waals surface area contributed by atoms with Crippen molar-refractivity contribution in [2.75, 3.05) is 4.72 Å². The fourth-order valence-electron chi connectivity index (χ4n) is 2.02. The maximum absolute atomic E-state index is 12.4. The quantitative estimate of drug-likeness (QED) is 0.820. The molecule has 6 heteroatoms. The highest BCUT2D eigenvalue weighted by atomic mass is 32.2. The minimum atomic E-state index is -3.62. The third-order valence-corrected chi connectivity index (χ3v) is 5.32. The number of sulfonamides is 1. The van der Waals surface area contributed by atoms with Gasteiger partial charge in [0, 0.05) is 0 Å². The van der Waals surface area contributed by atoms with Crippen LogP contribution in [0, 0.1) is 0 Å². The molecule has 0 amide bonds. The van der Waals surface area contributed by atoms with Gasteiger partial charge in [0.05, 0.1) is 10.7 Å². The van der Waals surface area contributed by atoms with E-state index in [0.717, 1.165) is 5.56 Å². The number of nitrogens with one attached hydrogen (secondary N) is 1. The Morgan fingerprint density at radius 3 is 2.35 bits per heavy atom. The van der Waals surface area contributed by atoms with Gasteiger partial charge in [-0.05, 0) is 23.5 Å². The second-order valence-electron chi connectivity index (χ2n) is 5.74. The SMILES string of the molecule is CCC(C(N)=S)S(=O)(=O)Nc1ccccc1C(C)(C)C. The van der Waals surface area contributed by atoms with E-state index in [-0.39, 0.29) is 10.4 Å². The van der Waals surface area contributed by atoms with Crippen LogP contribution < -0.4 is 10.5 Å². The van der Waals surface area contributed by atoms with Gasteiger partial charge >= 0.3 is 0 Å². The first-order valence-electron chi connectivity index (χ1n) is 6.50. The molecule has 0 aliphatic heterocycles. The molecule has 112 valence electrons. The van der Waals surface area contributed by atoms with E-state index >= 15 is 0 Å². The monoisotopic (exact) mass is 314 g/mol. The van der Waals surface area contributed by atoms with Crippen LogP contribution in [0.5, 0.6) is 0 Å². The minimum Gasteiger partial charge on any atom is -0.392 e. The second kappa shape index (κ2) is 6.10. The Bertz CT molecular complexity index is 589. The highest BCUT2D eigenvalue weighted by molar-refractivity contribution is 7.95. The molecule has 0 fully saturated rings. The van der Waals surface area contributed by atoms with Crippen molar-refractivity contribution >= 4 is 32.9 Å². The molecule has 1 aromatic carbocycles. The lowest BCUT2D eigenvalue weighted by molar-refractivity contribution is 0.588. The second-order valence-corrected chi connectivity index (χ2v) is 8.08. The molecule has 0 saturated carbocycles. The number of anilines is 1. The number of thiocarbonyl (C=S) groups is 1. The van der Waals surface area contributed by atoms with Crippen molar-refractivity contribution in [3.63, 3.8) is 0 Å². The zero-order valence-electron chi connectivity index (χ0n) is 12.3. The van der Waals surface area contributed by atoms with Gasteiger partial charge in [0.2, 0.25) is 10.0 Å². The summed E-state index contributed by atoms with van der Waals surface area (Å²) in [5.74, 6) is 0. The van der Waals surface area contributed by atoms with Crippen molar-refractivity contribution in [1.29, 1.82) is 0 Å². The molecule has 3 N–H and O–H groups in total. The third-order valence-electron chi connectivity index (χ3n) is 3.05. The Balaban J connectivity index is 3.20. The molecule has 1 unspecified atom stereocenters. The molecule has 20 heavy (non-hydrogen) atoms. The molecule has 0 saturated heterocycles. The summed E-state index contributed by atoms with van der Waals surface area (Å²) in [6.45, 7) is 7.85. The van der Waals surface area contributed by atoms with Crippen molar-refractivity contribution in [3.8, 4) is 0 Å². The first-order valence-corrected chi connectivity index (χ1v) is 8.45. The summed E-state index contributed by atoms with van der Waals surface area (Å²) in [5.41, 5.74) is 6.87. The van der Waals surface area contributed by atoms with Crippen LogP contribution in [0.3, 0.4) is 0 Å². The standard InChI is InChI=1S/C14H22N2O2S2/c1-5-12(13(15)19)20(17,18)16-11-9-7-6-8-10(11)14(2,3)4/h6-9,12,16H,5H2,1-4H3,(H2,15,19). The topological polar surface area (TPSA) is 72.2 Å². The highest BCUT2D eigenvalue weighted by Crippen LogP contribution is 2.30. The van der Waals surface area contributed by atoms with Gasteiger partial charge < -0.3 is 5.73 Å². The van der Waals surface area contributed by atoms with Crippen molar-refractivity contribution in [2.24, 2.45) is 5.73 Å². The fraction of sp³-hybridized carbons (Fsp3) is 0.500. The number of rotatable bonds is 5. The van der Waals surface area contributed by atoms with E-state index in [1.807, 2.05) is 32.9 Å². The van der Waals surface area contributed by atoms with Gasteiger partial charge in [-0.25, -0.2) is 8.42 Å². The normalized spacial score (nSPS) is 13.8. The summed E-state index contributed by atoms with van der Waals surface area (Å²) in [5, 5.41) is -0.856. The molecule has 0 spiro atoms. The van der Waals surface area contributed by atoms with E-state index in [0.29, 0.717) is 12.1 Å². The molecule has 1 aromatic rings. The molecule has 1 rings (SSSR count). The maximum Gasteiger partial charge on any atom is 0.242 e. The molecule has 0 aromatic heterocycles. The number of benzene rings is 1. The molecule has 4 nitrogen and oxygen atoms in total. The van der Waals surface area contributed by atoms with Gasteiger partial charge in [-0.2, -0.15) is 0 Å². The van der Waals surface area contributed by atoms with Crippen LogP contribution in [0.4, 0.5) is 5.69 Å². The Kier molecular flexibility index (Phi) is 5.15. The van der Waals surface area contributed by atoms with Crippen LogP contribution in [0.2, 0.25) is 0 Å². The summed E-state index contributed by atoms with van der Waals surface area (Å²) in [6.07, 6.45) is 0.350. The minimum absolute atomic E-state index is 0.00626. The lowest BCUT2D eigenvalue weighted by atomic mass is 9.86. The summed E-state index contributed by atoms with van der Waals surface area (Å²) < 4.78 is 27.4. The molecule has 0 aliphatic carbocycles. The number of para-hydroxylation sites is 1. The van der Waals surface area contributed by atoms with Crippen LogP contribution >= 0.6 is 12.2 Å². The zero-order valence-corrected chi connectivity index (χ0v) is 13.9. The fourth-order valence-corrected chi connectivity index (χ4v) is 3.94. The van der Waals surface area contributed by atoms with Crippen molar-refractivity contribution in [3.05, 3.63) is 29.8 Å². The average Bonchev–Trinajstić information content (AvgIpc) is 2.27. The van der Waals surface area contributed by atoms with Crippen molar-refractivity contribution in [1.82, 2.24) is 0 Å². The number of nitrogens with two attached hydrogens (primary N) is 1. The van der Waals surface area contributed by atoms with Gasteiger partial charge in [-0.1, -0.05) is 58.1 Å². The van der Waals surface area contributed by atoms with Crippen molar-refractivity contribution in [2.45, 2.75) is 44.8 Å². The number of hydrogen-bond acceptors (Lipinski definition) is 3. The molecule has 0 bridgehead atoms. The zero-order chi connectivity index (χ0) is 15.6. The average molecular weight is 314 g/mol. The van der Waals surface area contributed by atoms with Crippen LogP contribution in [0.15, 0.2) is 24.3 Å². The molecule has 0 radical (unpaired) electrons. The van der Waals surface area contributed by atoms with Gasteiger partial charge in [0.15, 0.2) is 0 Å². The predicted molar refractivity (Wildman–Crippen MR) is 88.5 cm³/mol. The molecule has 0 heterocycles. The highest BCUT2D eigenvalue weighted by Gasteiger charge is 2.28. The largest absolute Gasteiger partial charge is 0.392 e. The van der Waals surface area contributed by atoms with Crippen LogP contribution in [-0.4, -0.2) is 18.7 Å². The first-order chi connectivity index (χ1) is 9.09. The Labute approximate surface area is 126 Å².